The van der Waals surface area contributed by atoms with Crippen molar-refractivity contribution in [2.75, 3.05) is 6.26 Å². The number of rotatable bonds is 1. The second kappa shape index (κ2) is 6.13. The number of nitriles is 1. The Bertz CT molecular complexity index is 447. The van der Waals surface area contributed by atoms with Gasteiger partial charge in [-0.1, -0.05) is 11.8 Å². The summed E-state index contributed by atoms with van der Waals surface area (Å²) in [6.45, 7) is 0. The Hall–Kier alpha value is -0.710. The maximum absolute atomic E-state index is 9.51. The highest BCUT2D eigenvalue weighted by Gasteiger charge is 2.06. The molecule has 0 saturated carbocycles. The van der Waals surface area contributed by atoms with Gasteiger partial charge < -0.3 is 5.11 Å². The van der Waals surface area contributed by atoms with E-state index in [0.717, 1.165) is 0 Å². The van der Waals surface area contributed by atoms with Gasteiger partial charge in [0, 0.05) is 0 Å². The molecule has 0 atom stereocenters. The molecule has 16 heavy (non-hydrogen) atoms. The van der Waals surface area contributed by atoms with Crippen molar-refractivity contribution in [3.05, 3.63) is 21.1 Å². The van der Waals surface area contributed by atoms with Crippen LogP contribution in [0.15, 0.2) is 26.1 Å². The molecule has 0 unspecified atom stereocenters. The van der Waals surface area contributed by atoms with Crippen molar-refractivity contribution in [1.82, 2.24) is 5.32 Å². The first-order valence-electron chi connectivity index (χ1n) is 4.04. The van der Waals surface area contributed by atoms with E-state index in [2.05, 4.69) is 42.2 Å². The Morgan fingerprint density at radius 1 is 1.50 bits per heavy atom. The first-order chi connectivity index (χ1) is 7.58. The van der Waals surface area contributed by atoms with E-state index in [1.807, 2.05) is 6.26 Å². The number of phenols is 1. The van der Waals surface area contributed by atoms with E-state index in [1.165, 1.54) is 11.8 Å². The van der Waals surface area contributed by atoms with Gasteiger partial charge in [-0.15, -0.1) is 0 Å². The largest absolute Gasteiger partial charge is 0.506 e. The molecule has 0 amide bonds. The van der Waals surface area contributed by atoms with Crippen LogP contribution in [0.5, 0.6) is 5.75 Å². The topological polar surface area (TPSA) is 68.4 Å². The summed E-state index contributed by atoms with van der Waals surface area (Å²) in [7, 11) is 0. The number of thioether (sulfide) groups is 1. The highest BCUT2D eigenvalue weighted by Crippen LogP contribution is 2.36. The quantitative estimate of drug-likeness (QED) is 0.347. The molecule has 0 bridgehead atoms. The Kier molecular flexibility index (Phi) is 5.12. The van der Waals surface area contributed by atoms with Crippen molar-refractivity contribution in [3.63, 3.8) is 0 Å². The Balaban J connectivity index is 3.11. The molecule has 1 aromatic rings. The number of hydrogen-bond acceptors (Lipinski definition) is 4. The average molecular weight is 365 g/mol. The summed E-state index contributed by atoms with van der Waals surface area (Å²) < 4.78 is 1.08. The van der Waals surface area contributed by atoms with Crippen LogP contribution in [0.4, 0.5) is 5.69 Å². The van der Waals surface area contributed by atoms with E-state index in [1.54, 1.807) is 18.3 Å². The number of aliphatic imine (C=N–C) groups is 1. The average Bonchev–Trinajstić information content (AvgIpc) is 2.25. The van der Waals surface area contributed by atoms with Crippen molar-refractivity contribution >= 4 is 54.5 Å². The fraction of sp³-hybridized carbons (Fsp3) is 0.111. The van der Waals surface area contributed by atoms with Crippen LogP contribution in [0.2, 0.25) is 0 Å². The molecule has 0 aliphatic heterocycles. The van der Waals surface area contributed by atoms with Crippen LogP contribution in [0.3, 0.4) is 0 Å². The van der Waals surface area contributed by atoms with Gasteiger partial charge in [0.1, 0.15) is 5.75 Å². The maximum atomic E-state index is 9.51. The number of nitrogens with zero attached hydrogens (tertiary/aromatic N) is 2. The van der Waals surface area contributed by atoms with Gasteiger partial charge in [-0.05, 0) is 50.2 Å². The third kappa shape index (κ3) is 3.40. The molecule has 1 rings (SSSR count). The summed E-state index contributed by atoms with van der Waals surface area (Å²) in [5.74, 6) is 0.123. The number of aromatic hydroxyl groups is 1. The molecule has 0 aromatic heterocycles. The Labute approximate surface area is 114 Å². The molecule has 0 aliphatic carbocycles. The van der Waals surface area contributed by atoms with Gasteiger partial charge >= 0.3 is 0 Å². The van der Waals surface area contributed by atoms with Gasteiger partial charge in [-0.2, -0.15) is 5.26 Å². The molecule has 4 nitrogen and oxygen atoms in total. The normalized spacial score (nSPS) is 11.0. The molecule has 0 heterocycles. The fourth-order valence-electron chi connectivity index (χ4n) is 0.906. The van der Waals surface area contributed by atoms with Crippen LogP contribution in [0.1, 0.15) is 0 Å². The minimum absolute atomic E-state index is 0.123. The number of nitrogens with one attached hydrogen (secondary N) is 1. The lowest BCUT2D eigenvalue weighted by molar-refractivity contribution is 0.468. The monoisotopic (exact) mass is 363 g/mol. The lowest BCUT2D eigenvalue weighted by Crippen LogP contribution is -2.12. The summed E-state index contributed by atoms with van der Waals surface area (Å²) in [6, 6.07) is 3.32. The second-order valence-corrected chi connectivity index (χ2v) is 5.12. The predicted octanol–water partition coefficient (Wildman–Crippen LogP) is 3.34. The summed E-state index contributed by atoms with van der Waals surface area (Å²) in [6.07, 6.45) is 3.62. The molecule has 0 aliphatic rings. The third-order valence-corrected chi connectivity index (χ3v) is 3.38. The predicted molar refractivity (Wildman–Crippen MR) is 72.9 cm³/mol. The Morgan fingerprint density at radius 3 is 2.50 bits per heavy atom. The number of halogens is 2. The smallest absolute Gasteiger partial charge is 0.183 e. The van der Waals surface area contributed by atoms with Gasteiger partial charge in [0.05, 0.1) is 14.6 Å². The highest BCUT2D eigenvalue weighted by atomic mass is 79.9. The minimum Gasteiger partial charge on any atom is -0.506 e. The van der Waals surface area contributed by atoms with Gasteiger partial charge in [0.2, 0.25) is 0 Å². The molecular formula is C9H7Br2N3OS. The number of benzene rings is 1. The van der Waals surface area contributed by atoms with Crippen LogP contribution in [0.25, 0.3) is 0 Å². The molecule has 84 valence electrons. The van der Waals surface area contributed by atoms with E-state index >= 15 is 0 Å². The van der Waals surface area contributed by atoms with E-state index in [-0.39, 0.29) is 5.75 Å². The number of hydrogen-bond donors (Lipinski definition) is 2. The first kappa shape index (κ1) is 13.4. The van der Waals surface area contributed by atoms with Gasteiger partial charge in [0.15, 0.2) is 11.4 Å². The van der Waals surface area contributed by atoms with Crippen LogP contribution in [0, 0.1) is 11.5 Å². The number of phenolic OH excluding ortho intramolecular Hbond substituents is 1. The highest BCUT2D eigenvalue weighted by molar-refractivity contribution is 9.11. The zero-order valence-electron chi connectivity index (χ0n) is 8.16. The van der Waals surface area contributed by atoms with Crippen LogP contribution in [-0.2, 0) is 0 Å². The van der Waals surface area contributed by atoms with Gasteiger partial charge in [-0.3, -0.25) is 5.32 Å². The zero-order chi connectivity index (χ0) is 12.1. The van der Waals surface area contributed by atoms with Crippen LogP contribution >= 0.6 is 43.6 Å². The van der Waals surface area contributed by atoms with Crippen LogP contribution < -0.4 is 5.32 Å². The van der Waals surface area contributed by atoms with Crippen molar-refractivity contribution in [1.29, 1.82) is 5.26 Å². The lowest BCUT2D eigenvalue weighted by Gasteiger charge is -2.03. The van der Waals surface area contributed by atoms with E-state index < -0.39 is 0 Å². The molecule has 0 saturated heterocycles. The van der Waals surface area contributed by atoms with E-state index in [0.29, 0.717) is 19.8 Å². The minimum atomic E-state index is 0.123. The molecule has 7 heteroatoms. The van der Waals surface area contributed by atoms with Crippen molar-refractivity contribution in [2.45, 2.75) is 0 Å². The maximum Gasteiger partial charge on any atom is 0.183 e. The van der Waals surface area contributed by atoms with E-state index in [9.17, 15) is 5.11 Å². The lowest BCUT2D eigenvalue weighted by atomic mass is 10.3. The van der Waals surface area contributed by atoms with E-state index in [4.69, 9.17) is 5.26 Å². The Morgan fingerprint density at radius 2 is 2.06 bits per heavy atom. The summed E-state index contributed by atoms with van der Waals surface area (Å²) in [4.78, 5) is 4.20. The zero-order valence-corrected chi connectivity index (χ0v) is 12.1. The van der Waals surface area contributed by atoms with Crippen LogP contribution in [-0.4, -0.2) is 16.5 Å². The molecule has 0 fully saturated rings. The van der Waals surface area contributed by atoms with Crippen molar-refractivity contribution in [3.8, 4) is 11.9 Å². The summed E-state index contributed by atoms with van der Waals surface area (Å²) in [5, 5.41) is 20.9. The molecule has 1 aromatic carbocycles. The fourth-order valence-corrected chi connectivity index (χ4v) is 2.41. The van der Waals surface area contributed by atoms with Crippen molar-refractivity contribution < 1.29 is 5.11 Å². The molecular weight excluding hydrogens is 358 g/mol. The van der Waals surface area contributed by atoms with Crippen molar-refractivity contribution in [2.24, 2.45) is 4.99 Å². The first-order valence-corrected chi connectivity index (χ1v) is 6.85. The summed E-state index contributed by atoms with van der Waals surface area (Å²) in [5.41, 5.74) is 0.628. The number of amidine groups is 1. The SMILES string of the molecule is CSC(=Nc1cc(Br)c(O)c(Br)c1)NC#N. The molecule has 0 spiro atoms. The third-order valence-electron chi connectivity index (χ3n) is 1.59. The standard InChI is InChI=1S/C9H7Br2N3OS/c1-16-9(13-4-12)14-5-2-6(10)8(15)7(11)3-5/h2-3,15H,1H3,(H,13,14). The van der Waals surface area contributed by atoms with Gasteiger partial charge in [0.25, 0.3) is 0 Å². The summed E-state index contributed by atoms with van der Waals surface area (Å²) >= 11 is 7.74. The molecule has 0 radical (unpaired) electrons. The van der Waals surface area contributed by atoms with Gasteiger partial charge in [-0.25, -0.2) is 4.99 Å². The second-order valence-electron chi connectivity index (χ2n) is 2.62. The molecule has 2 N–H and O–H groups in total.